The van der Waals surface area contributed by atoms with Crippen molar-refractivity contribution in [2.24, 2.45) is 0 Å². The van der Waals surface area contributed by atoms with E-state index in [1.54, 1.807) is 0 Å². The third-order valence-electron chi connectivity index (χ3n) is 4.27. The van der Waals surface area contributed by atoms with E-state index in [-0.39, 0.29) is 37.1 Å². The third-order valence-corrected chi connectivity index (χ3v) is 4.27. The minimum Gasteiger partial charge on any atom is -0.407 e. The number of aromatic nitrogens is 1. The van der Waals surface area contributed by atoms with E-state index in [9.17, 15) is 28.9 Å². The van der Waals surface area contributed by atoms with E-state index in [1.807, 2.05) is 0 Å². The van der Waals surface area contributed by atoms with Crippen LogP contribution in [0.3, 0.4) is 0 Å². The fourth-order valence-corrected chi connectivity index (χ4v) is 2.81. The van der Waals surface area contributed by atoms with E-state index in [0.717, 1.165) is 6.07 Å². The molecule has 0 atom stereocenters. The predicted octanol–water partition coefficient (Wildman–Crippen LogP) is 1.81. The number of hydrogen-bond acceptors (Lipinski definition) is 6. The van der Waals surface area contributed by atoms with Gasteiger partial charge in [0, 0.05) is 19.0 Å². The molecule has 156 valence electrons. The maximum Gasteiger partial charge on any atom is 0.419 e. The SMILES string of the molecule is O=C(CCCn1c(=O)oc2cc([N+](=O)[O-])ccc21)NNC(=O)Cc1ccc(F)cc1. The molecule has 1 heterocycles. The van der Waals surface area contributed by atoms with Gasteiger partial charge in [-0.25, -0.2) is 9.18 Å². The molecule has 0 radical (unpaired) electrons. The Morgan fingerprint density at radius 1 is 1.10 bits per heavy atom. The van der Waals surface area contributed by atoms with E-state index in [0.29, 0.717) is 11.1 Å². The highest BCUT2D eigenvalue weighted by atomic mass is 19.1. The maximum absolute atomic E-state index is 12.8. The Hall–Kier alpha value is -4.02. The van der Waals surface area contributed by atoms with Crippen molar-refractivity contribution in [1.82, 2.24) is 15.4 Å². The lowest BCUT2D eigenvalue weighted by atomic mass is 10.1. The van der Waals surface area contributed by atoms with Crippen molar-refractivity contribution in [2.75, 3.05) is 0 Å². The lowest BCUT2D eigenvalue weighted by molar-refractivity contribution is -0.384. The summed E-state index contributed by atoms with van der Waals surface area (Å²) in [5, 5.41) is 10.8. The van der Waals surface area contributed by atoms with E-state index >= 15 is 0 Å². The number of carbonyl (C=O) groups is 2. The molecule has 11 heteroatoms. The smallest absolute Gasteiger partial charge is 0.407 e. The van der Waals surface area contributed by atoms with Crippen molar-refractivity contribution in [3.8, 4) is 0 Å². The highest BCUT2D eigenvalue weighted by Gasteiger charge is 2.14. The number of halogens is 1. The largest absolute Gasteiger partial charge is 0.419 e. The van der Waals surface area contributed by atoms with Gasteiger partial charge < -0.3 is 4.42 Å². The molecule has 2 aromatic carbocycles. The van der Waals surface area contributed by atoms with Crippen LogP contribution in [0.15, 0.2) is 51.7 Å². The molecule has 3 rings (SSSR count). The first-order valence-corrected chi connectivity index (χ1v) is 8.93. The summed E-state index contributed by atoms with van der Waals surface area (Å²) < 4.78 is 19.1. The van der Waals surface area contributed by atoms with Crippen LogP contribution in [0.25, 0.3) is 11.1 Å². The highest BCUT2D eigenvalue weighted by Crippen LogP contribution is 2.20. The Bertz CT molecular complexity index is 1150. The monoisotopic (exact) mass is 416 g/mol. The van der Waals surface area contributed by atoms with Crippen LogP contribution in [0, 0.1) is 15.9 Å². The average molecular weight is 416 g/mol. The standard InChI is InChI=1S/C19H17FN4O6/c20-13-5-3-12(4-6-13)10-18(26)22-21-17(25)2-1-9-23-15-8-7-14(24(28)29)11-16(15)30-19(23)27/h3-8,11H,1-2,9-10H2,(H,21,25)(H,22,26). The van der Waals surface area contributed by atoms with Crippen LogP contribution in [-0.2, 0) is 22.6 Å². The quantitative estimate of drug-likeness (QED) is 0.445. The summed E-state index contributed by atoms with van der Waals surface area (Å²) in [4.78, 5) is 45.8. The predicted molar refractivity (Wildman–Crippen MR) is 103 cm³/mol. The van der Waals surface area contributed by atoms with Crippen molar-refractivity contribution in [3.05, 3.63) is 74.5 Å². The van der Waals surface area contributed by atoms with E-state index in [2.05, 4.69) is 10.9 Å². The molecule has 0 spiro atoms. The first-order chi connectivity index (χ1) is 14.3. The van der Waals surface area contributed by atoms with Crippen molar-refractivity contribution in [3.63, 3.8) is 0 Å². The van der Waals surface area contributed by atoms with Gasteiger partial charge in [-0.15, -0.1) is 0 Å². The molecular formula is C19H17FN4O6. The Kier molecular flexibility index (Phi) is 6.20. The van der Waals surface area contributed by atoms with E-state index in [4.69, 9.17) is 4.42 Å². The summed E-state index contributed by atoms with van der Waals surface area (Å²) in [5.74, 6) is -2.01. The van der Waals surface area contributed by atoms with Crippen LogP contribution >= 0.6 is 0 Å². The summed E-state index contributed by atoms with van der Waals surface area (Å²) in [6, 6.07) is 9.25. The lowest BCUT2D eigenvalue weighted by Crippen LogP contribution is -2.42. The van der Waals surface area contributed by atoms with Gasteiger partial charge >= 0.3 is 5.76 Å². The summed E-state index contributed by atoms with van der Waals surface area (Å²) in [6.45, 7) is 0.153. The zero-order valence-electron chi connectivity index (χ0n) is 15.6. The molecule has 10 nitrogen and oxygen atoms in total. The van der Waals surface area contributed by atoms with Gasteiger partial charge in [-0.3, -0.25) is 35.1 Å². The molecule has 0 saturated carbocycles. The van der Waals surface area contributed by atoms with Crippen molar-refractivity contribution >= 4 is 28.6 Å². The van der Waals surface area contributed by atoms with Crippen LogP contribution in [0.4, 0.5) is 10.1 Å². The number of hydrogen-bond donors (Lipinski definition) is 2. The van der Waals surface area contributed by atoms with Gasteiger partial charge in [0.15, 0.2) is 5.58 Å². The number of nitro benzene ring substituents is 1. The van der Waals surface area contributed by atoms with Crippen molar-refractivity contribution in [1.29, 1.82) is 0 Å². The number of non-ortho nitro benzene ring substituents is 1. The van der Waals surface area contributed by atoms with E-state index in [1.165, 1.54) is 41.0 Å². The minimum absolute atomic E-state index is 0.0168. The number of amides is 2. The van der Waals surface area contributed by atoms with Crippen LogP contribution < -0.4 is 16.6 Å². The maximum atomic E-state index is 12.8. The molecule has 0 aliphatic carbocycles. The summed E-state index contributed by atoms with van der Waals surface area (Å²) in [5.41, 5.74) is 5.41. The van der Waals surface area contributed by atoms with Gasteiger partial charge in [-0.2, -0.15) is 0 Å². The summed E-state index contributed by atoms with van der Waals surface area (Å²) in [6.07, 6.45) is 0.261. The van der Waals surface area contributed by atoms with Crippen LogP contribution in [0.5, 0.6) is 0 Å². The number of oxazole rings is 1. The number of benzene rings is 2. The molecule has 0 aliphatic heterocycles. The van der Waals surface area contributed by atoms with E-state index < -0.39 is 28.3 Å². The number of nitrogens with one attached hydrogen (secondary N) is 2. The zero-order valence-corrected chi connectivity index (χ0v) is 15.6. The second-order valence-corrected chi connectivity index (χ2v) is 6.43. The summed E-state index contributed by atoms with van der Waals surface area (Å²) in [7, 11) is 0. The number of hydrazine groups is 1. The third kappa shape index (κ3) is 5.07. The van der Waals surface area contributed by atoms with Gasteiger partial charge in [-0.1, -0.05) is 12.1 Å². The second kappa shape index (κ2) is 8.99. The second-order valence-electron chi connectivity index (χ2n) is 6.43. The molecule has 0 bridgehead atoms. The Morgan fingerprint density at radius 2 is 1.80 bits per heavy atom. The number of rotatable bonds is 7. The Labute approximate surface area is 168 Å². The van der Waals surface area contributed by atoms with Gasteiger partial charge in [0.05, 0.1) is 22.9 Å². The normalized spacial score (nSPS) is 10.7. The Morgan fingerprint density at radius 3 is 2.50 bits per heavy atom. The molecule has 3 aromatic rings. The van der Waals surface area contributed by atoms with Crippen molar-refractivity contribution in [2.45, 2.75) is 25.8 Å². The number of aryl methyl sites for hydroxylation is 1. The molecule has 0 saturated heterocycles. The minimum atomic E-state index is -0.682. The molecule has 2 amide bonds. The number of carbonyl (C=O) groups excluding carboxylic acids is 2. The van der Waals surface area contributed by atoms with Gasteiger partial charge in [-0.05, 0) is 30.2 Å². The fraction of sp³-hybridized carbons (Fsp3) is 0.211. The number of nitro groups is 1. The molecular weight excluding hydrogens is 399 g/mol. The highest BCUT2D eigenvalue weighted by molar-refractivity contribution is 5.83. The Balaban J connectivity index is 1.48. The van der Waals surface area contributed by atoms with Gasteiger partial charge in [0.2, 0.25) is 11.8 Å². The van der Waals surface area contributed by atoms with Crippen LogP contribution in [0.2, 0.25) is 0 Å². The summed E-state index contributed by atoms with van der Waals surface area (Å²) >= 11 is 0. The average Bonchev–Trinajstić information content (AvgIpc) is 3.02. The molecule has 0 aliphatic rings. The lowest BCUT2D eigenvalue weighted by Gasteiger charge is -2.08. The van der Waals surface area contributed by atoms with Gasteiger partial charge in [0.25, 0.3) is 5.69 Å². The zero-order chi connectivity index (χ0) is 21.7. The first-order valence-electron chi connectivity index (χ1n) is 8.93. The topological polar surface area (TPSA) is 136 Å². The van der Waals surface area contributed by atoms with Gasteiger partial charge in [0.1, 0.15) is 5.82 Å². The molecule has 0 fully saturated rings. The number of fused-ring (bicyclic) bond motifs is 1. The molecule has 2 N–H and O–H groups in total. The molecule has 1 aromatic heterocycles. The first kappa shape index (κ1) is 20.7. The number of nitrogens with zero attached hydrogens (tertiary/aromatic N) is 2. The molecule has 30 heavy (non-hydrogen) atoms. The fourth-order valence-electron chi connectivity index (χ4n) is 2.81. The molecule has 0 unspecified atom stereocenters. The van der Waals surface area contributed by atoms with Crippen molar-refractivity contribution < 1.29 is 23.3 Å². The van der Waals surface area contributed by atoms with Crippen LogP contribution in [0.1, 0.15) is 18.4 Å². The van der Waals surface area contributed by atoms with Crippen LogP contribution in [-0.4, -0.2) is 21.3 Å².